The number of carbonyl (C=O) groups excluding carboxylic acids is 1. The van der Waals surface area contributed by atoms with Crippen molar-refractivity contribution in [3.8, 4) is 17.2 Å². The van der Waals surface area contributed by atoms with Crippen molar-refractivity contribution < 1.29 is 19.0 Å². The standard InChI is InChI=1S/C21H29N3O4/c1-15(25)23-18-14-17(22)6-8-19(18)28-12-11-24(2)10-9-16-5-7-20(26-3)21(13-16)27-4/h5-8,13-14H,9-12,22H2,1-4H3,(H,23,25). The van der Waals surface area contributed by atoms with Crippen LogP contribution in [0.4, 0.5) is 11.4 Å². The van der Waals surface area contributed by atoms with Crippen LogP contribution in [0.25, 0.3) is 0 Å². The second-order valence-corrected chi connectivity index (χ2v) is 6.53. The molecule has 2 rings (SSSR count). The SMILES string of the molecule is COc1ccc(CCN(C)CCOc2ccc(N)cc2NC(C)=O)cc1OC. The van der Waals surface area contributed by atoms with Crippen molar-refractivity contribution in [1.82, 2.24) is 4.90 Å². The first-order valence-corrected chi connectivity index (χ1v) is 9.12. The number of benzene rings is 2. The molecule has 0 atom stereocenters. The second-order valence-electron chi connectivity index (χ2n) is 6.53. The molecule has 152 valence electrons. The Morgan fingerprint density at radius 2 is 1.75 bits per heavy atom. The zero-order valence-corrected chi connectivity index (χ0v) is 17.0. The molecule has 0 aliphatic carbocycles. The van der Waals surface area contributed by atoms with Gasteiger partial charge in [-0.1, -0.05) is 6.07 Å². The maximum Gasteiger partial charge on any atom is 0.221 e. The number of nitrogens with two attached hydrogens (primary N) is 1. The number of nitrogens with zero attached hydrogens (tertiary/aromatic N) is 1. The Labute approximate surface area is 166 Å². The number of methoxy groups -OCH3 is 2. The van der Waals surface area contributed by atoms with Gasteiger partial charge >= 0.3 is 0 Å². The number of hydrogen-bond donors (Lipinski definition) is 2. The lowest BCUT2D eigenvalue weighted by Crippen LogP contribution is -2.26. The molecule has 3 N–H and O–H groups in total. The molecule has 0 heterocycles. The molecular weight excluding hydrogens is 358 g/mol. The summed E-state index contributed by atoms with van der Waals surface area (Å²) >= 11 is 0. The molecule has 1 amide bonds. The lowest BCUT2D eigenvalue weighted by atomic mass is 10.1. The van der Waals surface area contributed by atoms with E-state index in [1.165, 1.54) is 12.5 Å². The van der Waals surface area contributed by atoms with Gasteiger partial charge in [0, 0.05) is 25.7 Å². The van der Waals surface area contributed by atoms with Crippen LogP contribution in [0.15, 0.2) is 36.4 Å². The Balaban J connectivity index is 1.83. The van der Waals surface area contributed by atoms with E-state index >= 15 is 0 Å². The van der Waals surface area contributed by atoms with E-state index in [-0.39, 0.29) is 5.91 Å². The summed E-state index contributed by atoms with van der Waals surface area (Å²) in [6, 6.07) is 11.2. The number of hydrogen-bond acceptors (Lipinski definition) is 6. The Morgan fingerprint density at radius 1 is 1.04 bits per heavy atom. The normalized spacial score (nSPS) is 10.6. The Morgan fingerprint density at radius 3 is 2.43 bits per heavy atom. The van der Waals surface area contributed by atoms with Crippen LogP contribution in [0.1, 0.15) is 12.5 Å². The molecule has 0 bridgehead atoms. The first-order chi connectivity index (χ1) is 13.4. The molecule has 0 radical (unpaired) electrons. The molecule has 2 aromatic carbocycles. The van der Waals surface area contributed by atoms with E-state index in [1.54, 1.807) is 32.4 Å². The lowest BCUT2D eigenvalue weighted by molar-refractivity contribution is -0.114. The van der Waals surface area contributed by atoms with Gasteiger partial charge in [0.05, 0.1) is 19.9 Å². The van der Waals surface area contributed by atoms with Gasteiger partial charge in [-0.05, 0) is 49.4 Å². The summed E-state index contributed by atoms with van der Waals surface area (Å²) in [5.41, 5.74) is 8.12. The summed E-state index contributed by atoms with van der Waals surface area (Å²) in [5, 5.41) is 2.74. The topological polar surface area (TPSA) is 86.0 Å². The third-order valence-electron chi connectivity index (χ3n) is 4.28. The van der Waals surface area contributed by atoms with Crippen LogP contribution in [0.2, 0.25) is 0 Å². The summed E-state index contributed by atoms with van der Waals surface area (Å²) < 4.78 is 16.4. The van der Waals surface area contributed by atoms with Gasteiger partial charge in [-0.3, -0.25) is 4.79 Å². The van der Waals surface area contributed by atoms with Crippen LogP contribution < -0.4 is 25.3 Å². The van der Waals surface area contributed by atoms with Gasteiger partial charge < -0.3 is 30.2 Å². The third-order valence-corrected chi connectivity index (χ3v) is 4.28. The van der Waals surface area contributed by atoms with Gasteiger partial charge in [-0.25, -0.2) is 0 Å². The molecule has 0 aliphatic heterocycles. The summed E-state index contributed by atoms with van der Waals surface area (Å²) in [4.78, 5) is 13.5. The predicted octanol–water partition coefficient (Wildman–Crippen LogP) is 2.80. The van der Waals surface area contributed by atoms with Crippen LogP contribution in [-0.2, 0) is 11.2 Å². The summed E-state index contributed by atoms with van der Waals surface area (Å²) in [6.07, 6.45) is 0.885. The summed E-state index contributed by atoms with van der Waals surface area (Å²) in [7, 11) is 5.31. The van der Waals surface area contributed by atoms with Gasteiger partial charge in [0.25, 0.3) is 0 Å². The Hall–Kier alpha value is -2.93. The number of carbonyl (C=O) groups is 1. The van der Waals surface area contributed by atoms with Gasteiger partial charge in [0.15, 0.2) is 11.5 Å². The highest BCUT2D eigenvalue weighted by molar-refractivity contribution is 5.91. The van der Waals surface area contributed by atoms with Crippen LogP contribution >= 0.6 is 0 Å². The molecular formula is C21H29N3O4. The van der Waals surface area contributed by atoms with E-state index in [2.05, 4.69) is 10.2 Å². The van der Waals surface area contributed by atoms with Crippen molar-refractivity contribution in [3.05, 3.63) is 42.0 Å². The highest BCUT2D eigenvalue weighted by Crippen LogP contribution is 2.28. The number of ether oxygens (including phenoxy) is 3. The number of anilines is 2. The minimum atomic E-state index is -0.164. The molecule has 0 unspecified atom stereocenters. The highest BCUT2D eigenvalue weighted by atomic mass is 16.5. The average Bonchev–Trinajstić information content (AvgIpc) is 2.67. The Kier molecular flexibility index (Phi) is 7.95. The van der Waals surface area contributed by atoms with E-state index in [1.807, 2.05) is 25.2 Å². The minimum absolute atomic E-state index is 0.164. The quantitative estimate of drug-likeness (QED) is 0.610. The van der Waals surface area contributed by atoms with Crippen molar-refractivity contribution in [1.29, 1.82) is 0 Å². The Bertz CT molecular complexity index is 795. The first-order valence-electron chi connectivity index (χ1n) is 9.12. The molecule has 0 aromatic heterocycles. The maximum absolute atomic E-state index is 11.3. The molecule has 0 aliphatic rings. The second kappa shape index (κ2) is 10.4. The van der Waals surface area contributed by atoms with Crippen molar-refractivity contribution >= 4 is 17.3 Å². The molecule has 7 nitrogen and oxygen atoms in total. The van der Waals surface area contributed by atoms with Gasteiger partial charge in [-0.2, -0.15) is 0 Å². The van der Waals surface area contributed by atoms with Crippen LogP contribution in [0.3, 0.4) is 0 Å². The minimum Gasteiger partial charge on any atom is -0.493 e. The van der Waals surface area contributed by atoms with Crippen LogP contribution in [0, 0.1) is 0 Å². The molecule has 0 saturated carbocycles. The van der Waals surface area contributed by atoms with Crippen LogP contribution in [0.5, 0.6) is 17.2 Å². The number of amides is 1. The third kappa shape index (κ3) is 6.35. The van der Waals surface area contributed by atoms with E-state index < -0.39 is 0 Å². The largest absolute Gasteiger partial charge is 0.493 e. The summed E-state index contributed by atoms with van der Waals surface area (Å²) in [5.74, 6) is 1.91. The van der Waals surface area contributed by atoms with E-state index in [9.17, 15) is 4.79 Å². The monoisotopic (exact) mass is 387 g/mol. The zero-order chi connectivity index (χ0) is 20.5. The number of rotatable bonds is 10. The van der Waals surface area contributed by atoms with Gasteiger partial charge in [-0.15, -0.1) is 0 Å². The molecule has 0 fully saturated rings. The fourth-order valence-electron chi connectivity index (χ4n) is 2.74. The molecule has 28 heavy (non-hydrogen) atoms. The van der Waals surface area contributed by atoms with Gasteiger partial charge in [0.1, 0.15) is 12.4 Å². The van der Waals surface area contributed by atoms with Crippen molar-refractivity contribution in [2.45, 2.75) is 13.3 Å². The smallest absolute Gasteiger partial charge is 0.221 e. The predicted molar refractivity (Wildman–Crippen MR) is 111 cm³/mol. The lowest BCUT2D eigenvalue weighted by Gasteiger charge is -2.18. The maximum atomic E-state index is 11.3. The molecule has 0 saturated heterocycles. The van der Waals surface area contributed by atoms with Crippen molar-refractivity contribution in [3.63, 3.8) is 0 Å². The molecule has 7 heteroatoms. The van der Waals surface area contributed by atoms with Crippen LogP contribution in [-0.4, -0.2) is 51.8 Å². The fourth-order valence-corrected chi connectivity index (χ4v) is 2.74. The van der Waals surface area contributed by atoms with E-state index in [4.69, 9.17) is 19.9 Å². The van der Waals surface area contributed by atoms with Crippen molar-refractivity contribution in [2.75, 3.05) is 52.0 Å². The van der Waals surface area contributed by atoms with Gasteiger partial charge in [0.2, 0.25) is 5.91 Å². The number of likely N-dealkylation sites (N-methyl/N-ethyl adjacent to an activating group) is 1. The summed E-state index contributed by atoms with van der Waals surface area (Å²) in [6.45, 7) is 3.57. The number of nitrogen functional groups attached to an aromatic ring is 1. The molecule has 0 spiro atoms. The highest BCUT2D eigenvalue weighted by Gasteiger charge is 2.08. The van der Waals surface area contributed by atoms with E-state index in [0.29, 0.717) is 23.7 Å². The van der Waals surface area contributed by atoms with E-state index in [0.717, 1.165) is 31.0 Å². The molecule has 2 aromatic rings. The average molecular weight is 387 g/mol. The zero-order valence-electron chi connectivity index (χ0n) is 17.0. The van der Waals surface area contributed by atoms with Crippen molar-refractivity contribution in [2.24, 2.45) is 0 Å². The first kappa shape index (κ1) is 21.4. The number of nitrogens with one attached hydrogen (secondary N) is 1. The fraction of sp³-hybridized carbons (Fsp3) is 0.381.